The molecule has 0 radical (unpaired) electrons. The van der Waals surface area contributed by atoms with Gasteiger partial charge in [0, 0.05) is 6.61 Å². The summed E-state index contributed by atoms with van der Waals surface area (Å²) in [4.78, 5) is 5.59. The molecule has 2 atom stereocenters. The number of nitrogens with zero attached hydrogens (tertiary/aromatic N) is 5. The maximum Gasteiger partial charge on any atom is 0.244 e. The maximum absolute atomic E-state index is 5.91. The van der Waals surface area contributed by atoms with E-state index in [1.165, 1.54) is 0 Å². The molecule has 0 unspecified atom stereocenters. The van der Waals surface area contributed by atoms with Crippen LogP contribution in [0.4, 0.5) is 0 Å². The second kappa shape index (κ2) is 8.71. The molecule has 30 heavy (non-hydrogen) atoms. The largest absolute Gasteiger partial charge is 0.376 e. The molecule has 1 fully saturated rings. The predicted octanol–water partition coefficient (Wildman–Crippen LogP) is 4.76. The molecule has 0 saturated carbocycles. The highest BCUT2D eigenvalue weighted by atomic mass is 32.2. The fraction of sp³-hybridized carbons (Fsp3) is 0.333. The van der Waals surface area contributed by atoms with Crippen molar-refractivity contribution in [3.05, 3.63) is 65.1 Å². The van der Waals surface area contributed by atoms with E-state index >= 15 is 0 Å². The molecule has 1 saturated heterocycles. The van der Waals surface area contributed by atoms with Crippen molar-refractivity contribution < 1.29 is 9.26 Å². The van der Waals surface area contributed by atoms with Crippen LogP contribution in [0.25, 0.3) is 10.7 Å². The minimum absolute atomic E-state index is 0.170. The molecular formula is C21H21N5O2S2. The molecular weight excluding hydrogens is 418 g/mol. The van der Waals surface area contributed by atoms with Gasteiger partial charge in [0.25, 0.3) is 0 Å². The van der Waals surface area contributed by atoms with Gasteiger partial charge in [-0.05, 0) is 36.8 Å². The number of benzene rings is 1. The van der Waals surface area contributed by atoms with Crippen LogP contribution in [0.1, 0.15) is 35.4 Å². The second-order valence-electron chi connectivity index (χ2n) is 7.12. The van der Waals surface area contributed by atoms with Crippen molar-refractivity contribution in [3.63, 3.8) is 0 Å². The number of ether oxygens (including phenoxy) is 1. The van der Waals surface area contributed by atoms with E-state index in [9.17, 15) is 0 Å². The van der Waals surface area contributed by atoms with E-state index in [0.717, 1.165) is 47.4 Å². The average Bonchev–Trinajstić information content (AvgIpc) is 3.56. The number of aromatic nitrogens is 5. The molecule has 154 valence electrons. The fourth-order valence-electron chi connectivity index (χ4n) is 3.53. The molecule has 1 aliphatic heterocycles. The molecule has 1 aliphatic rings. The molecule has 0 N–H and O–H groups in total. The first-order valence-electron chi connectivity index (χ1n) is 9.88. The van der Waals surface area contributed by atoms with Gasteiger partial charge in [-0.1, -0.05) is 53.3 Å². The molecule has 4 aromatic rings. The van der Waals surface area contributed by atoms with Crippen molar-refractivity contribution in [2.75, 3.05) is 6.61 Å². The summed E-state index contributed by atoms with van der Waals surface area (Å²) in [6, 6.07) is 14.3. The van der Waals surface area contributed by atoms with Gasteiger partial charge in [0.2, 0.25) is 5.89 Å². The average molecular weight is 440 g/mol. The molecule has 9 heteroatoms. The number of thioether (sulfide) groups is 1. The molecule has 7 nitrogen and oxygen atoms in total. The first-order chi connectivity index (χ1) is 14.8. The highest BCUT2D eigenvalue weighted by Crippen LogP contribution is 2.40. The van der Waals surface area contributed by atoms with Crippen molar-refractivity contribution in [1.29, 1.82) is 0 Å². The monoisotopic (exact) mass is 439 g/mol. The summed E-state index contributed by atoms with van der Waals surface area (Å²) in [6.07, 6.45) is 2.33. The van der Waals surface area contributed by atoms with Gasteiger partial charge < -0.3 is 9.26 Å². The van der Waals surface area contributed by atoms with Gasteiger partial charge in [-0.15, -0.1) is 21.5 Å². The molecule has 0 bridgehead atoms. The first kappa shape index (κ1) is 19.5. The van der Waals surface area contributed by atoms with Crippen molar-refractivity contribution in [2.24, 2.45) is 0 Å². The van der Waals surface area contributed by atoms with Crippen LogP contribution in [0.3, 0.4) is 0 Å². The van der Waals surface area contributed by atoms with E-state index in [2.05, 4.69) is 48.5 Å². The fourth-order valence-corrected chi connectivity index (χ4v) is 5.33. The van der Waals surface area contributed by atoms with Crippen LogP contribution < -0.4 is 0 Å². The molecule has 0 spiro atoms. The zero-order valence-electron chi connectivity index (χ0n) is 16.5. The Labute approximate surface area is 182 Å². The third kappa shape index (κ3) is 4.05. The van der Waals surface area contributed by atoms with Gasteiger partial charge in [0.05, 0.1) is 17.5 Å². The summed E-state index contributed by atoms with van der Waals surface area (Å²) < 4.78 is 13.6. The van der Waals surface area contributed by atoms with Gasteiger partial charge in [-0.25, -0.2) is 0 Å². The number of rotatable bonds is 7. The van der Waals surface area contributed by atoms with Crippen molar-refractivity contribution in [3.8, 4) is 10.7 Å². The predicted molar refractivity (Wildman–Crippen MR) is 115 cm³/mol. The Balaban J connectivity index is 1.53. The number of thiophene rings is 1. The zero-order valence-corrected chi connectivity index (χ0v) is 18.1. The molecule has 5 rings (SSSR count). The van der Waals surface area contributed by atoms with Crippen LogP contribution in [0.5, 0.6) is 0 Å². The Bertz CT molecular complexity index is 1090. The number of hydrogen-bond donors (Lipinski definition) is 0. The van der Waals surface area contributed by atoms with Crippen molar-refractivity contribution >= 4 is 23.1 Å². The van der Waals surface area contributed by atoms with E-state index in [1.807, 2.05) is 31.2 Å². The molecule has 3 aromatic heterocycles. The summed E-state index contributed by atoms with van der Waals surface area (Å²) in [5.74, 6) is 2.05. The van der Waals surface area contributed by atoms with Crippen molar-refractivity contribution in [2.45, 2.75) is 42.8 Å². The van der Waals surface area contributed by atoms with Crippen LogP contribution in [0.15, 0.2) is 57.5 Å². The Morgan fingerprint density at radius 2 is 2.10 bits per heavy atom. The minimum Gasteiger partial charge on any atom is -0.376 e. The Hall–Kier alpha value is -2.49. The Kier molecular flexibility index (Phi) is 5.65. The van der Waals surface area contributed by atoms with E-state index < -0.39 is 0 Å². The van der Waals surface area contributed by atoms with Crippen LogP contribution >= 0.6 is 23.1 Å². The zero-order chi connectivity index (χ0) is 20.3. The third-order valence-corrected chi connectivity index (χ3v) is 7.05. The smallest absolute Gasteiger partial charge is 0.244 e. The highest BCUT2D eigenvalue weighted by Gasteiger charge is 2.28. The Morgan fingerprint density at radius 1 is 1.20 bits per heavy atom. The maximum atomic E-state index is 5.91. The SMILES string of the molecule is Cc1noc([C@H](Sc2nnc(-c3cccs3)n2C[C@@H]2CCCO2)c2ccccc2)n1. The lowest BCUT2D eigenvalue weighted by atomic mass is 10.1. The van der Waals surface area contributed by atoms with Gasteiger partial charge in [0.15, 0.2) is 16.8 Å². The minimum atomic E-state index is -0.170. The topological polar surface area (TPSA) is 78.9 Å². The lowest BCUT2D eigenvalue weighted by Crippen LogP contribution is -2.17. The van der Waals surface area contributed by atoms with Crippen LogP contribution in [0, 0.1) is 6.92 Å². The lowest BCUT2D eigenvalue weighted by Gasteiger charge is -2.17. The van der Waals surface area contributed by atoms with Crippen molar-refractivity contribution in [1.82, 2.24) is 24.9 Å². The van der Waals surface area contributed by atoms with E-state index in [0.29, 0.717) is 11.7 Å². The normalized spacial score (nSPS) is 17.4. The summed E-state index contributed by atoms with van der Waals surface area (Å²) >= 11 is 3.24. The molecule has 0 aliphatic carbocycles. The quantitative estimate of drug-likeness (QED) is 0.384. The third-order valence-electron chi connectivity index (χ3n) is 4.96. The summed E-state index contributed by atoms with van der Waals surface area (Å²) in [7, 11) is 0. The summed E-state index contributed by atoms with van der Waals surface area (Å²) in [6.45, 7) is 3.37. The van der Waals surface area contributed by atoms with Crippen LogP contribution in [-0.2, 0) is 11.3 Å². The molecule has 4 heterocycles. The van der Waals surface area contributed by atoms with E-state index in [1.54, 1.807) is 23.1 Å². The van der Waals surface area contributed by atoms with Gasteiger partial charge in [0.1, 0.15) is 5.25 Å². The van der Waals surface area contributed by atoms with Crippen LogP contribution in [-0.4, -0.2) is 37.6 Å². The van der Waals surface area contributed by atoms with E-state index in [-0.39, 0.29) is 11.4 Å². The van der Waals surface area contributed by atoms with Gasteiger partial charge in [-0.3, -0.25) is 4.57 Å². The highest BCUT2D eigenvalue weighted by molar-refractivity contribution is 7.99. The Morgan fingerprint density at radius 3 is 2.80 bits per heavy atom. The van der Waals surface area contributed by atoms with Gasteiger partial charge >= 0.3 is 0 Å². The number of hydrogen-bond acceptors (Lipinski definition) is 8. The standard InChI is InChI=1S/C21H21N5O2S2/c1-14-22-20(28-25-14)18(15-7-3-2-4-8-15)30-21-24-23-19(17-10-6-12-29-17)26(21)13-16-9-5-11-27-16/h2-4,6-8,10,12,16,18H,5,9,11,13H2,1H3/t16-,18+/m0/s1. The molecule has 1 aromatic carbocycles. The second-order valence-corrected chi connectivity index (χ2v) is 9.14. The number of aryl methyl sites for hydroxylation is 1. The first-order valence-corrected chi connectivity index (χ1v) is 11.6. The summed E-state index contributed by atoms with van der Waals surface area (Å²) in [5.41, 5.74) is 1.08. The van der Waals surface area contributed by atoms with Gasteiger partial charge in [-0.2, -0.15) is 4.98 Å². The van der Waals surface area contributed by atoms with Crippen LogP contribution in [0.2, 0.25) is 0 Å². The summed E-state index contributed by atoms with van der Waals surface area (Å²) in [5, 5.41) is 15.8. The van der Waals surface area contributed by atoms with E-state index in [4.69, 9.17) is 9.26 Å². The molecule has 0 amide bonds. The lowest BCUT2D eigenvalue weighted by molar-refractivity contribution is 0.0953.